The van der Waals surface area contributed by atoms with Crippen molar-refractivity contribution in [2.75, 3.05) is 26.7 Å². The van der Waals surface area contributed by atoms with Crippen LogP contribution in [0.15, 0.2) is 0 Å². The van der Waals surface area contributed by atoms with E-state index in [1.54, 1.807) is 0 Å². The summed E-state index contributed by atoms with van der Waals surface area (Å²) in [6.07, 6.45) is 8.53. The lowest BCUT2D eigenvalue weighted by atomic mass is 9.96. The minimum absolute atomic E-state index is 0.414. The maximum absolute atomic E-state index is 3.74. The Kier molecular flexibility index (Phi) is 6.50. The van der Waals surface area contributed by atoms with Crippen molar-refractivity contribution in [1.29, 1.82) is 0 Å². The summed E-state index contributed by atoms with van der Waals surface area (Å²) in [5, 5.41) is 3.74. The third kappa shape index (κ3) is 7.77. The summed E-state index contributed by atoms with van der Waals surface area (Å²) in [6, 6.07) is 0.792. The van der Waals surface area contributed by atoms with E-state index in [1.807, 2.05) is 0 Å². The fraction of sp³-hybridized carbons (Fsp3) is 1.00. The maximum atomic E-state index is 3.74. The first-order chi connectivity index (χ1) is 7.97. The Bertz CT molecular complexity index is 188. The lowest BCUT2D eigenvalue weighted by Crippen LogP contribution is -2.38. The summed E-state index contributed by atoms with van der Waals surface area (Å²) in [5.41, 5.74) is 0.414. The average molecular weight is 240 g/mol. The molecule has 17 heavy (non-hydrogen) atoms. The molecule has 0 atom stereocenters. The second-order valence-corrected chi connectivity index (χ2v) is 6.94. The van der Waals surface area contributed by atoms with Gasteiger partial charge in [-0.25, -0.2) is 0 Å². The molecule has 0 aromatic carbocycles. The molecule has 0 spiro atoms. The molecule has 0 heterocycles. The summed E-state index contributed by atoms with van der Waals surface area (Å²) >= 11 is 0. The Morgan fingerprint density at radius 1 is 1.06 bits per heavy atom. The lowest BCUT2D eigenvalue weighted by molar-refractivity contribution is 0.224. The molecular weight excluding hydrogens is 208 g/mol. The zero-order valence-corrected chi connectivity index (χ0v) is 12.4. The van der Waals surface area contributed by atoms with Crippen molar-refractivity contribution in [3.8, 4) is 0 Å². The van der Waals surface area contributed by atoms with Crippen LogP contribution >= 0.6 is 0 Å². The minimum atomic E-state index is 0.414. The largest absolute Gasteiger partial charge is 0.313 e. The fourth-order valence-corrected chi connectivity index (χ4v) is 2.83. The van der Waals surface area contributed by atoms with E-state index < -0.39 is 0 Å². The highest BCUT2D eigenvalue weighted by Gasteiger charge is 2.14. The van der Waals surface area contributed by atoms with Crippen LogP contribution in [0.4, 0.5) is 0 Å². The van der Waals surface area contributed by atoms with Gasteiger partial charge in [-0.1, -0.05) is 46.5 Å². The molecule has 0 amide bonds. The van der Waals surface area contributed by atoms with Crippen LogP contribution in [0.2, 0.25) is 0 Å². The van der Waals surface area contributed by atoms with Crippen molar-refractivity contribution in [3.63, 3.8) is 0 Å². The van der Waals surface area contributed by atoms with Crippen molar-refractivity contribution in [2.24, 2.45) is 5.41 Å². The zero-order chi connectivity index (χ0) is 12.7. The molecule has 0 bridgehead atoms. The van der Waals surface area contributed by atoms with Crippen LogP contribution in [0.5, 0.6) is 0 Å². The second kappa shape index (κ2) is 7.38. The van der Waals surface area contributed by atoms with Gasteiger partial charge in [0.1, 0.15) is 0 Å². The van der Waals surface area contributed by atoms with E-state index in [0.717, 1.165) is 12.6 Å². The number of likely N-dealkylation sites (N-methyl/N-ethyl adjacent to an activating group) is 1. The Hall–Kier alpha value is -0.0800. The highest BCUT2D eigenvalue weighted by molar-refractivity contribution is 4.72. The predicted molar refractivity (Wildman–Crippen MR) is 76.4 cm³/mol. The summed E-state index contributed by atoms with van der Waals surface area (Å²) < 4.78 is 0. The second-order valence-electron chi connectivity index (χ2n) is 6.94. The molecule has 1 aliphatic carbocycles. The van der Waals surface area contributed by atoms with E-state index in [-0.39, 0.29) is 0 Å². The van der Waals surface area contributed by atoms with Gasteiger partial charge in [0.2, 0.25) is 0 Å². The molecule has 1 rings (SSSR count). The molecule has 0 unspecified atom stereocenters. The van der Waals surface area contributed by atoms with Crippen LogP contribution in [0.25, 0.3) is 0 Å². The number of nitrogens with one attached hydrogen (secondary N) is 1. The standard InChI is InChI=1S/C15H32N2/c1-15(2,3)13-17(4)12-11-16-14-9-7-5-6-8-10-14/h14,16H,5-13H2,1-4H3. The van der Waals surface area contributed by atoms with Crippen LogP contribution in [-0.2, 0) is 0 Å². The lowest BCUT2D eigenvalue weighted by Gasteiger charge is -2.27. The third-order valence-corrected chi connectivity index (χ3v) is 3.53. The topological polar surface area (TPSA) is 15.3 Å². The minimum Gasteiger partial charge on any atom is -0.313 e. The van der Waals surface area contributed by atoms with Crippen molar-refractivity contribution in [1.82, 2.24) is 10.2 Å². The van der Waals surface area contributed by atoms with Gasteiger partial charge >= 0.3 is 0 Å². The van der Waals surface area contributed by atoms with E-state index in [0.29, 0.717) is 5.41 Å². The average Bonchev–Trinajstić information content (AvgIpc) is 2.43. The molecule has 0 aromatic rings. The highest BCUT2D eigenvalue weighted by atomic mass is 15.1. The molecule has 0 radical (unpaired) electrons. The molecule has 0 aromatic heterocycles. The molecular formula is C15H32N2. The molecule has 0 aliphatic heterocycles. The van der Waals surface area contributed by atoms with Crippen LogP contribution < -0.4 is 5.32 Å². The summed E-state index contributed by atoms with van der Waals surface area (Å²) in [5.74, 6) is 0. The fourth-order valence-electron chi connectivity index (χ4n) is 2.83. The van der Waals surface area contributed by atoms with E-state index in [1.165, 1.54) is 51.6 Å². The summed E-state index contributed by atoms with van der Waals surface area (Å²) in [7, 11) is 2.24. The van der Waals surface area contributed by atoms with E-state index >= 15 is 0 Å². The van der Waals surface area contributed by atoms with Gasteiger partial charge in [-0.2, -0.15) is 0 Å². The zero-order valence-electron chi connectivity index (χ0n) is 12.4. The predicted octanol–water partition coefficient (Wildman–Crippen LogP) is 3.28. The molecule has 1 aliphatic rings. The molecule has 2 heteroatoms. The van der Waals surface area contributed by atoms with Gasteiger partial charge in [0.15, 0.2) is 0 Å². The SMILES string of the molecule is CN(CCNC1CCCCCC1)CC(C)(C)C. The quantitative estimate of drug-likeness (QED) is 0.742. The number of nitrogens with zero attached hydrogens (tertiary/aromatic N) is 1. The molecule has 0 saturated heterocycles. The van der Waals surface area contributed by atoms with Crippen molar-refractivity contribution in [2.45, 2.75) is 65.3 Å². The van der Waals surface area contributed by atoms with Gasteiger partial charge in [0.05, 0.1) is 0 Å². The van der Waals surface area contributed by atoms with E-state index in [2.05, 4.69) is 38.0 Å². The Morgan fingerprint density at radius 3 is 2.18 bits per heavy atom. The molecule has 1 N–H and O–H groups in total. The molecule has 102 valence electrons. The molecule has 1 fully saturated rings. The summed E-state index contributed by atoms with van der Waals surface area (Å²) in [4.78, 5) is 2.45. The first-order valence-electron chi connectivity index (χ1n) is 7.39. The Balaban J connectivity index is 2.09. The normalized spacial score (nSPS) is 19.6. The van der Waals surface area contributed by atoms with E-state index in [9.17, 15) is 0 Å². The van der Waals surface area contributed by atoms with Gasteiger partial charge in [-0.15, -0.1) is 0 Å². The van der Waals surface area contributed by atoms with Crippen molar-refractivity contribution in [3.05, 3.63) is 0 Å². The van der Waals surface area contributed by atoms with Crippen LogP contribution in [-0.4, -0.2) is 37.6 Å². The maximum Gasteiger partial charge on any atom is 0.0104 e. The smallest absolute Gasteiger partial charge is 0.0104 e. The Morgan fingerprint density at radius 2 is 1.65 bits per heavy atom. The molecule has 2 nitrogen and oxygen atoms in total. The van der Waals surface area contributed by atoms with Crippen LogP contribution in [0.3, 0.4) is 0 Å². The van der Waals surface area contributed by atoms with Gasteiger partial charge in [0.25, 0.3) is 0 Å². The van der Waals surface area contributed by atoms with Gasteiger partial charge in [-0.05, 0) is 25.3 Å². The summed E-state index contributed by atoms with van der Waals surface area (Å²) in [6.45, 7) is 10.4. The van der Waals surface area contributed by atoms with Crippen molar-refractivity contribution < 1.29 is 0 Å². The van der Waals surface area contributed by atoms with Crippen LogP contribution in [0, 0.1) is 5.41 Å². The number of rotatable bonds is 5. The highest BCUT2D eigenvalue weighted by Crippen LogP contribution is 2.17. The van der Waals surface area contributed by atoms with Gasteiger partial charge < -0.3 is 10.2 Å². The Labute approximate surface area is 108 Å². The number of hydrogen-bond acceptors (Lipinski definition) is 2. The van der Waals surface area contributed by atoms with E-state index in [4.69, 9.17) is 0 Å². The van der Waals surface area contributed by atoms with Crippen molar-refractivity contribution >= 4 is 0 Å². The first-order valence-corrected chi connectivity index (χ1v) is 7.39. The third-order valence-electron chi connectivity index (χ3n) is 3.53. The monoisotopic (exact) mass is 240 g/mol. The van der Waals surface area contributed by atoms with Gasteiger partial charge in [0, 0.05) is 25.7 Å². The van der Waals surface area contributed by atoms with Gasteiger partial charge in [-0.3, -0.25) is 0 Å². The first kappa shape index (κ1) is 15.0. The van der Waals surface area contributed by atoms with Crippen LogP contribution in [0.1, 0.15) is 59.3 Å². The molecule has 1 saturated carbocycles. The number of hydrogen-bond donors (Lipinski definition) is 1.